The van der Waals surface area contributed by atoms with E-state index in [1.165, 1.54) is 6.07 Å². The van der Waals surface area contributed by atoms with E-state index < -0.39 is 0 Å². The molecule has 1 rings (SSSR count). The van der Waals surface area contributed by atoms with Gasteiger partial charge in [0.05, 0.1) is 6.61 Å². The Hall–Kier alpha value is -0.580. The van der Waals surface area contributed by atoms with Crippen molar-refractivity contribution in [2.45, 2.75) is 17.9 Å². The van der Waals surface area contributed by atoms with Crippen molar-refractivity contribution in [1.29, 1.82) is 0 Å². The van der Waals surface area contributed by atoms with E-state index in [0.717, 1.165) is 16.2 Å². The minimum atomic E-state index is -0.149. The van der Waals surface area contributed by atoms with E-state index in [1.54, 1.807) is 24.9 Å². The molecular weight excluding hydrogens is 225 g/mol. The third-order valence-corrected chi connectivity index (χ3v) is 3.46. The SMILES string of the molecule is CNC(C)c1c(F)cccc1SCCOC. The van der Waals surface area contributed by atoms with Crippen LogP contribution in [0.4, 0.5) is 4.39 Å². The van der Waals surface area contributed by atoms with Crippen LogP contribution in [0, 0.1) is 5.82 Å². The van der Waals surface area contributed by atoms with E-state index in [4.69, 9.17) is 4.74 Å². The molecular formula is C12H18FNOS. The first-order chi connectivity index (χ1) is 7.70. The zero-order valence-electron chi connectivity index (χ0n) is 9.92. The van der Waals surface area contributed by atoms with Crippen molar-refractivity contribution in [3.8, 4) is 0 Å². The van der Waals surface area contributed by atoms with Crippen molar-refractivity contribution >= 4 is 11.8 Å². The quantitative estimate of drug-likeness (QED) is 0.613. The number of nitrogens with one attached hydrogen (secondary N) is 1. The molecule has 0 saturated carbocycles. The molecule has 0 heterocycles. The molecule has 1 N–H and O–H groups in total. The molecule has 0 spiro atoms. The van der Waals surface area contributed by atoms with Gasteiger partial charge < -0.3 is 10.1 Å². The molecule has 0 aliphatic rings. The minimum Gasteiger partial charge on any atom is -0.384 e. The standard InChI is InChI=1S/C12H18FNOS/c1-9(14-2)12-10(13)5-4-6-11(12)16-8-7-15-3/h4-6,9,14H,7-8H2,1-3H3. The van der Waals surface area contributed by atoms with Crippen LogP contribution in [0.25, 0.3) is 0 Å². The summed E-state index contributed by atoms with van der Waals surface area (Å²) < 4.78 is 18.7. The molecule has 1 unspecified atom stereocenters. The molecule has 1 aromatic rings. The summed E-state index contributed by atoms with van der Waals surface area (Å²) in [6, 6.07) is 5.22. The predicted molar refractivity (Wildman–Crippen MR) is 66.5 cm³/mol. The molecule has 0 amide bonds. The van der Waals surface area contributed by atoms with Gasteiger partial charge in [-0.3, -0.25) is 0 Å². The van der Waals surface area contributed by atoms with Crippen LogP contribution < -0.4 is 5.32 Å². The molecule has 16 heavy (non-hydrogen) atoms. The Balaban J connectivity index is 2.85. The van der Waals surface area contributed by atoms with E-state index in [9.17, 15) is 4.39 Å². The fourth-order valence-electron chi connectivity index (χ4n) is 1.44. The molecule has 90 valence electrons. The Morgan fingerprint density at radius 1 is 1.50 bits per heavy atom. The van der Waals surface area contributed by atoms with E-state index in [1.807, 2.05) is 20.0 Å². The number of halogens is 1. The lowest BCUT2D eigenvalue weighted by Crippen LogP contribution is -2.15. The molecule has 0 saturated heterocycles. The molecule has 1 aromatic carbocycles. The van der Waals surface area contributed by atoms with Crippen molar-refractivity contribution in [1.82, 2.24) is 5.32 Å². The van der Waals surface area contributed by atoms with Crippen molar-refractivity contribution in [2.75, 3.05) is 26.5 Å². The molecule has 0 bridgehead atoms. The average Bonchev–Trinajstić information content (AvgIpc) is 2.29. The maximum Gasteiger partial charge on any atom is 0.129 e. The summed E-state index contributed by atoms with van der Waals surface area (Å²) in [6.07, 6.45) is 0. The van der Waals surface area contributed by atoms with Crippen molar-refractivity contribution in [2.24, 2.45) is 0 Å². The Bertz CT molecular complexity index is 333. The number of methoxy groups -OCH3 is 1. The lowest BCUT2D eigenvalue weighted by atomic mass is 10.1. The summed E-state index contributed by atoms with van der Waals surface area (Å²) in [5.74, 6) is 0.688. The fraction of sp³-hybridized carbons (Fsp3) is 0.500. The molecule has 0 aliphatic carbocycles. The highest BCUT2D eigenvalue weighted by Gasteiger charge is 2.14. The van der Waals surface area contributed by atoms with Crippen LogP contribution in [0.15, 0.2) is 23.1 Å². The number of rotatable bonds is 6. The van der Waals surface area contributed by atoms with Gasteiger partial charge in [-0.2, -0.15) is 0 Å². The van der Waals surface area contributed by atoms with Gasteiger partial charge in [-0.15, -0.1) is 11.8 Å². The Kier molecular flexibility index (Phi) is 5.80. The van der Waals surface area contributed by atoms with Crippen LogP contribution in [0.1, 0.15) is 18.5 Å². The van der Waals surface area contributed by atoms with Gasteiger partial charge in [-0.05, 0) is 26.1 Å². The van der Waals surface area contributed by atoms with E-state index in [-0.39, 0.29) is 11.9 Å². The van der Waals surface area contributed by atoms with Crippen LogP contribution in [0.5, 0.6) is 0 Å². The lowest BCUT2D eigenvalue weighted by molar-refractivity contribution is 0.218. The summed E-state index contributed by atoms with van der Waals surface area (Å²) in [4.78, 5) is 0.985. The second kappa shape index (κ2) is 6.89. The third-order valence-electron chi connectivity index (χ3n) is 2.42. The topological polar surface area (TPSA) is 21.3 Å². The molecule has 4 heteroatoms. The first-order valence-corrected chi connectivity index (χ1v) is 6.26. The van der Waals surface area contributed by atoms with Gasteiger partial charge in [-0.25, -0.2) is 4.39 Å². The average molecular weight is 243 g/mol. The van der Waals surface area contributed by atoms with Gasteiger partial charge >= 0.3 is 0 Å². The molecule has 0 fully saturated rings. The first kappa shape index (κ1) is 13.5. The Labute approximate surface area is 101 Å². The molecule has 2 nitrogen and oxygen atoms in total. The molecule has 0 radical (unpaired) electrons. The molecule has 1 atom stereocenters. The zero-order valence-corrected chi connectivity index (χ0v) is 10.7. The second-order valence-corrected chi connectivity index (χ2v) is 4.64. The van der Waals surface area contributed by atoms with Crippen LogP contribution >= 0.6 is 11.8 Å². The van der Waals surface area contributed by atoms with E-state index >= 15 is 0 Å². The van der Waals surface area contributed by atoms with Gasteiger partial charge in [-0.1, -0.05) is 6.07 Å². The summed E-state index contributed by atoms with van der Waals surface area (Å²) >= 11 is 1.62. The Morgan fingerprint density at radius 3 is 2.88 bits per heavy atom. The highest BCUT2D eigenvalue weighted by Crippen LogP contribution is 2.29. The first-order valence-electron chi connectivity index (χ1n) is 5.28. The lowest BCUT2D eigenvalue weighted by Gasteiger charge is -2.16. The van der Waals surface area contributed by atoms with E-state index in [0.29, 0.717) is 6.61 Å². The monoisotopic (exact) mass is 243 g/mol. The summed E-state index contributed by atoms with van der Waals surface area (Å²) in [6.45, 7) is 2.63. The highest BCUT2D eigenvalue weighted by atomic mass is 32.2. The van der Waals surface area contributed by atoms with Crippen molar-refractivity contribution in [3.05, 3.63) is 29.6 Å². The smallest absolute Gasteiger partial charge is 0.129 e. The summed E-state index contributed by atoms with van der Waals surface area (Å²) in [5, 5.41) is 3.07. The van der Waals surface area contributed by atoms with Crippen LogP contribution in [-0.4, -0.2) is 26.5 Å². The van der Waals surface area contributed by atoms with Crippen LogP contribution in [0.3, 0.4) is 0 Å². The van der Waals surface area contributed by atoms with Crippen LogP contribution in [0.2, 0.25) is 0 Å². The third kappa shape index (κ3) is 3.47. The number of benzene rings is 1. The second-order valence-electron chi connectivity index (χ2n) is 3.50. The highest BCUT2D eigenvalue weighted by molar-refractivity contribution is 7.99. The van der Waals surface area contributed by atoms with Gasteiger partial charge in [0.2, 0.25) is 0 Å². The maximum atomic E-state index is 13.7. The van der Waals surface area contributed by atoms with Gasteiger partial charge in [0.1, 0.15) is 5.82 Å². The van der Waals surface area contributed by atoms with Gasteiger partial charge in [0.25, 0.3) is 0 Å². The Morgan fingerprint density at radius 2 is 2.25 bits per heavy atom. The van der Waals surface area contributed by atoms with Gasteiger partial charge in [0.15, 0.2) is 0 Å². The summed E-state index contributed by atoms with van der Waals surface area (Å²) in [5.41, 5.74) is 0.742. The number of ether oxygens (including phenoxy) is 1. The normalized spacial score (nSPS) is 12.8. The maximum absolute atomic E-state index is 13.7. The number of hydrogen-bond acceptors (Lipinski definition) is 3. The van der Waals surface area contributed by atoms with Gasteiger partial charge in [0, 0.05) is 29.4 Å². The van der Waals surface area contributed by atoms with Crippen molar-refractivity contribution < 1.29 is 9.13 Å². The fourth-order valence-corrected chi connectivity index (χ4v) is 2.52. The van der Waals surface area contributed by atoms with Crippen LogP contribution in [-0.2, 0) is 4.74 Å². The molecule has 0 aromatic heterocycles. The zero-order chi connectivity index (χ0) is 12.0. The summed E-state index contributed by atoms with van der Waals surface area (Å²) in [7, 11) is 3.50. The van der Waals surface area contributed by atoms with E-state index in [2.05, 4.69) is 5.32 Å². The predicted octanol–water partition coefficient (Wildman–Crippen LogP) is 2.84. The molecule has 0 aliphatic heterocycles. The number of hydrogen-bond donors (Lipinski definition) is 1. The largest absolute Gasteiger partial charge is 0.384 e. The van der Waals surface area contributed by atoms with Crippen molar-refractivity contribution in [3.63, 3.8) is 0 Å². The minimum absolute atomic E-state index is 0.0197. The number of thioether (sulfide) groups is 1.